The maximum atomic E-state index is 14.0. The third kappa shape index (κ3) is 2.07. The summed E-state index contributed by atoms with van der Waals surface area (Å²) in [4.78, 5) is 4.35. The number of halogens is 2. The molecule has 0 saturated carbocycles. The van der Waals surface area contributed by atoms with E-state index in [4.69, 9.17) is 5.73 Å². The first-order valence-corrected chi connectivity index (χ1v) is 6.35. The van der Waals surface area contributed by atoms with E-state index in [1.807, 2.05) is 12.1 Å². The summed E-state index contributed by atoms with van der Waals surface area (Å²) in [5.74, 6) is -1.21. The van der Waals surface area contributed by atoms with Crippen LogP contribution >= 0.6 is 0 Å². The lowest BCUT2D eigenvalue weighted by Gasteiger charge is -2.25. The number of nitrogens with two attached hydrogens (primary N) is 1. The number of nitrogen functional groups attached to an aromatic ring is 1. The summed E-state index contributed by atoms with van der Waals surface area (Å²) < 4.78 is 27.6. The molecule has 0 bridgehead atoms. The van der Waals surface area contributed by atoms with E-state index in [1.54, 1.807) is 6.20 Å². The highest BCUT2D eigenvalue weighted by molar-refractivity contribution is 5.45. The molecule has 0 aliphatic heterocycles. The fraction of sp³-hybridized carbons (Fsp3) is 0.267. The third-order valence-electron chi connectivity index (χ3n) is 3.69. The average molecular weight is 260 g/mol. The highest BCUT2D eigenvalue weighted by atomic mass is 19.1. The molecule has 2 aromatic rings. The first-order valence-electron chi connectivity index (χ1n) is 6.35. The predicted molar refractivity (Wildman–Crippen MR) is 69.8 cm³/mol. The summed E-state index contributed by atoms with van der Waals surface area (Å²) in [5.41, 5.74) is 7.56. The number of pyridine rings is 1. The SMILES string of the molecule is Nc1cc(F)c(C2CCCc3cccnc32)cc1F. The van der Waals surface area contributed by atoms with Crippen molar-refractivity contribution in [1.82, 2.24) is 4.98 Å². The standard InChI is InChI=1S/C15H14F2N2/c16-12-8-14(18)13(17)7-11(12)10-5-1-3-9-4-2-6-19-15(9)10/h2,4,6-8,10H,1,3,5,18H2. The second-order valence-electron chi connectivity index (χ2n) is 4.89. The van der Waals surface area contributed by atoms with Gasteiger partial charge < -0.3 is 5.73 Å². The molecule has 19 heavy (non-hydrogen) atoms. The van der Waals surface area contributed by atoms with Crippen molar-refractivity contribution in [2.75, 3.05) is 5.73 Å². The van der Waals surface area contributed by atoms with Crippen molar-refractivity contribution < 1.29 is 8.78 Å². The Morgan fingerprint density at radius 1 is 1.21 bits per heavy atom. The lowest BCUT2D eigenvalue weighted by atomic mass is 9.82. The Morgan fingerprint density at radius 2 is 2.05 bits per heavy atom. The van der Waals surface area contributed by atoms with Crippen molar-refractivity contribution in [3.05, 3.63) is 58.9 Å². The zero-order valence-electron chi connectivity index (χ0n) is 10.4. The topological polar surface area (TPSA) is 38.9 Å². The zero-order valence-corrected chi connectivity index (χ0v) is 10.4. The van der Waals surface area contributed by atoms with E-state index in [1.165, 1.54) is 6.07 Å². The van der Waals surface area contributed by atoms with E-state index in [2.05, 4.69) is 4.98 Å². The molecule has 0 fully saturated rings. The number of aromatic nitrogens is 1. The lowest BCUT2D eigenvalue weighted by Crippen LogP contribution is -2.14. The maximum absolute atomic E-state index is 14.0. The van der Waals surface area contributed by atoms with Crippen LogP contribution in [0.3, 0.4) is 0 Å². The van der Waals surface area contributed by atoms with Gasteiger partial charge in [0.25, 0.3) is 0 Å². The van der Waals surface area contributed by atoms with Crippen molar-refractivity contribution in [2.45, 2.75) is 25.2 Å². The number of anilines is 1. The van der Waals surface area contributed by atoms with Gasteiger partial charge in [-0.2, -0.15) is 0 Å². The first-order chi connectivity index (χ1) is 9.16. The average Bonchev–Trinajstić information content (AvgIpc) is 2.42. The molecule has 0 radical (unpaired) electrons. The molecule has 1 atom stereocenters. The van der Waals surface area contributed by atoms with Gasteiger partial charge in [-0.1, -0.05) is 6.07 Å². The van der Waals surface area contributed by atoms with E-state index in [0.29, 0.717) is 5.56 Å². The number of aryl methyl sites for hydroxylation is 1. The van der Waals surface area contributed by atoms with E-state index in [0.717, 1.165) is 36.6 Å². The summed E-state index contributed by atoms with van der Waals surface area (Å²) in [6.07, 6.45) is 4.38. The van der Waals surface area contributed by atoms with Gasteiger partial charge in [0.05, 0.1) is 11.4 Å². The molecule has 1 aromatic carbocycles. The lowest BCUT2D eigenvalue weighted by molar-refractivity contribution is 0.539. The monoisotopic (exact) mass is 260 g/mol. The van der Waals surface area contributed by atoms with Crippen LogP contribution < -0.4 is 5.73 Å². The Morgan fingerprint density at radius 3 is 2.89 bits per heavy atom. The van der Waals surface area contributed by atoms with Gasteiger partial charge >= 0.3 is 0 Å². The largest absolute Gasteiger partial charge is 0.396 e. The maximum Gasteiger partial charge on any atom is 0.146 e. The van der Waals surface area contributed by atoms with Crippen LogP contribution in [0.4, 0.5) is 14.5 Å². The second-order valence-corrected chi connectivity index (χ2v) is 4.89. The Bertz CT molecular complexity index is 626. The van der Waals surface area contributed by atoms with E-state index in [-0.39, 0.29) is 11.6 Å². The first kappa shape index (κ1) is 12.1. The summed E-state index contributed by atoms with van der Waals surface area (Å²) in [7, 11) is 0. The highest BCUT2D eigenvalue weighted by Crippen LogP contribution is 2.37. The van der Waals surface area contributed by atoms with Crippen LogP contribution in [-0.4, -0.2) is 4.98 Å². The van der Waals surface area contributed by atoms with Gasteiger partial charge in [-0.3, -0.25) is 4.98 Å². The van der Waals surface area contributed by atoms with Crippen molar-refractivity contribution in [1.29, 1.82) is 0 Å². The van der Waals surface area contributed by atoms with Crippen LogP contribution in [0.2, 0.25) is 0 Å². The number of rotatable bonds is 1. The number of hydrogen-bond acceptors (Lipinski definition) is 2. The van der Waals surface area contributed by atoms with Gasteiger partial charge in [0.2, 0.25) is 0 Å². The zero-order chi connectivity index (χ0) is 13.4. The smallest absolute Gasteiger partial charge is 0.146 e. The number of fused-ring (bicyclic) bond motifs is 1. The summed E-state index contributed by atoms with van der Waals surface area (Å²) >= 11 is 0. The van der Waals surface area contributed by atoms with Gasteiger partial charge in [-0.25, -0.2) is 8.78 Å². The van der Waals surface area contributed by atoms with Gasteiger partial charge in [0.1, 0.15) is 11.6 Å². The molecular weight excluding hydrogens is 246 g/mol. The fourth-order valence-corrected chi connectivity index (χ4v) is 2.76. The minimum Gasteiger partial charge on any atom is -0.396 e. The van der Waals surface area contributed by atoms with Gasteiger partial charge in [-0.15, -0.1) is 0 Å². The molecule has 0 spiro atoms. The molecule has 1 aromatic heterocycles. The van der Waals surface area contributed by atoms with Crippen molar-refractivity contribution in [3.63, 3.8) is 0 Å². The van der Waals surface area contributed by atoms with Crippen LogP contribution in [0.15, 0.2) is 30.5 Å². The quantitative estimate of drug-likeness (QED) is 0.798. The van der Waals surface area contributed by atoms with Crippen molar-refractivity contribution in [2.24, 2.45) is 0 Å². The molecule has 2 nitrogen and oxygen atoms in total. The summed E-state index contributed by atoms with van der Waals surface area (Å²) in [6.45, 7) is 0. The molecule has 2 N–H and O–H groups in total. The fourth-order valence-electron chi connectivity index (χ4n) is 2.76. The van der Waals surface area contributed by atoms with Crippen LogP contribution in [0, 0.1) is 11.6 Å². The Labute approximate surface area is 110 Å². The van der Waals surface area contributed by atoms with Crippen LogP contribution in [0.25, 0.3) is 0 Å². The van der Waals surface area contributed by atoms with Crippen LogP contribution in [-0.2, 0) is 6.42 Å². The Balaban J connectivity index is 2.11. The van der Waals surface area contributed by atoms with Crippen LogP contribution in [0.5, 0.6) is 0 Å². The molecule has 98 valence electrons. The second kappa shape index (κ2) is 4.61. The van der Waals surface area contributed by atoms with E-state index >= 15 is 0 Å². The molecule has 1 aliphatic rings. The van der Waals surface area contributed by atoms with Gasteiger partial charge in [-0.05, 0) is 42.5 Å². The summed E-state index contributed by atoms with van der Waals surface area (Å²) in [5, 5.41) is 0. The molecule has 1 aliphatic carbocycles. The van der Waals surface area contributed by atoms with Crippen molar-refractivity contribution in [3.8, 4) is 0 Å². The Hall–Kier alpha value is -1.97. The molecule has 0 amide bonds. The van der Waals surface area contributed by atoms with E-state index < -0.39 is 11.6 Å². The molecule has 1 heterocycles. The number of hydrogen-bond donors (Lipinski definition) is 1. The number of nitrogens with zero attached hydrogens (tertiary/aromatic N) is 1. The molecular formula is C15H14F2N2. The van der Waals surface area contributed by atoms with Gasteiger partial charge in [0.15, 0.2) is 0 Å². The Kier molecular flexibility index (Phi) is 2.93. The van der Waals surface area contributed by atoms with Crippen molar-refractivity contribution >= 4 is 5.69 Å². The minimum absolute atomic E-state index is 0.154. The van der Waals surface area contributed by atoms with E-state index in [9.17, 15) is 8.78 Å². The molecule has 1 unspecified atom stereocenters. The van der Waals surface area contributed by atoms with Gasteiger partial charge in [0, 0.05) is 18.2 Å². The minimum atomic E-state index is -0.570. The molecule has 0 saturated heterocycles. The van der Waals surface area contributed by atoms with Crippen LogP contribution in [0.1, 0.15) is 35.6 Å². The molecule has 4 heteroatoms. The predicted octanol–water partition coefficient (Wildman–Crippen LogP) is 3.41. The third-order valence-corrected chi connectivity index (χ3v) is 3.69. The highest BCUT2D eigenvalue weighted by Gasteiger charge is 2.26. The molecule has 3 rings (SSSR count). The summed E-state index contributed by atoms with van der Waals surface area (Å²) in [6, 6.07) is 6.14. The normalized spacial score (nSPS) is 18.1. The number of benzene rings is 1.